The van der Waals surface area contributed by atoms with E-state index in [-0.39, 0.29) is 15.5 Å². The van der Waals surface area contributed by atoms with E-state index >= 15 is 0 Å². The van der Waals surface area contributed by atoms with Crippen LogP contribution in [0.4, 0.5) is 0 Å². The first-order valence-electron chi connectivity index (χ1n) is 6.07. The highest BCUT2D eigenvalue weighted by Crippen LogP contribution is 2.26. The lowest BCUT2D eigenvalue weighted by molar-refractivity contribution is 0.0991. The molecule has 0 aliphatic carbocycles. The minimum absolute atomic E-state index is 0.0583. The molecule has 0 saturated carbocycles. The second-order valence-electron chi connectivity index (χ2n) is 4.24. The minimum Gasteiger partial charge on any atom is -0.507 e. The number of methoxy groups -OCH3 is 1. The number of hydrogen-bond acceptors (Lipinski definition) is 4. The van der Waals surface area contributed by atoms with Crippen molar-refractivity contribution in [3.8, 4) is 11.5 Å². The maximum absolute atomic E-state index is 12.3. The molecule has 0 saturated heterocycles. The van der Waals surface area contributed by atoms with Crippen LogP contribution in [0.15, 0.2) is 42.6 Å². The molecule has 1 unspecified atom stereocenters. The number of rotatable bonds is 5. The molecule has 1 N–H and O–H groups in total. The zero-order valence-electron chi connectivity index (χ0n) is 10.9. The molecule has 1 aromatic heterocycles. The van der Waals surface area contributed by atoms with Gasteiger partial charge in [-0.1, -0.05) is 28.7 Å². The molecule has 1 atom stereocenters. The highest BCUT2D eigenvalue weighted by Gasteiger charge is 2.21. The van der Waals surface area contributed by atoms with Gasteiger partial charge in [-0.2, -0.15) is 0 Å². The van der Waals surface area contributed by atoms with Crippen LogP contribution in [0, 0.1) is 0 Å². The lowest BCUT2D eigenvalue weighted by Crippen LogP contribution is -2.17. The summed E-state index contributed by atoms with van der Waals surface area (Å²) in [7, 11) is 1.51. The van der Waals surface area contributed by atoms with Crippen LogP contribution in [0.5, 0.6) is 11.5 Å². The van der Waals surface area contributed by atoms with Crippen molar-refractivity contribution in [2.45, 2.75) is 10.3 Å². The fraction of sp³-hybridized carbons (Fsp3) is 0.200. The number of phenolic OH excluding ortho intramolecular Hbond substituents is 1. The summed E-state index contributed by atoms with van der Waals surface area (Å²) in [5, 5.41) is 9.89. The molecule has 0 amide bonds. The molecule has 0 spiro atoms. The molecule has 0 bridgehead atoms. The predicted octanol–water partition coefficient (Wildman–Crippen LogP) is 3.02. The molecular formula is C15H14INO3. The van der Waals surface area contributed by atoms with E-state index in [1.807, 2.05) is 18.2 Å². The average Bonchev–Trinajstić information content (AvgIpc) is 2.47. The molecule has 104 valence electrons. The predicted molar refractivity (Wildman–Crippen MR) is 84.7 cm³/mol. The number of alkyl halides is 1. The Morgan fingerprint density at radius 3 is 2.80 bits per heavy atom. The van der Waals surface area contributed by atoms with Crippen LogP contribution in [0.25, 0.3) is 0 Å². The number of phenols is 1. The third-order valence-corrected chi connectivity index (χ3v) is 3.88. The highest BCUT2D eigenvalue weighted by atomic mass is 127. The summed E-state index contributed by atoms with van der Waals surface area (Å²) in [6, 6.07) is 10.3. The largest absolute Gasteiger partial charge is 0.507 e. The summed E-state index contributed by atoms with van der Waals surface area (Å²) in [6.45, 7) is 0. The second kappa shape index (κ2) is 6.69. The van der Waals surface area contributed by atoms with Crippen molar-refractivity contribution in [3.63, 3.8) is 0 Å². The van der Waals surface area contributed by atoms with Crippen LogP contribution in [0.2, 0.25) is 0 Å². The molecule has 20 heavy (non-hydrogen) atoms. The Bertz CT molecular complexity index is 601. The Balaban J connectivity index is 2.14. The molecule has 0 aliphatic rings. The van der Waals surface area contributed by atoms with Crippen molar-refractivity contribution in [2.75, 3.05) is 7.11 Å². The maximum atomic E-state index is 12.3. The molecule has 2 rings (SSSR count). The molecule has 0 aliphatic heterocycles. The van der Waals surface area contributed by atoms with Crippen LogP contribution in [-0.2, 0) is 6.42 Å². The van der Waals surface area contributed by atoms with E-state index in [1.54, 1.807) is 18.3 Å². The van der Waals surface area contributed by atoms with Gasteiger partial charge in [-0.25, -0.2) is 0 Å². The number of aromatic hydroxyl groups is 1. The smallest absolute Gasteiger partial charge is 0.179 e. The van der Waals surface area contributed by atoms with Gasteiger partial charge in [-0.05, 0) is 24.3 Å². The molecule has 1 aromatic carbocycles. The Morgan fingerprint density at radius 1 is 1.40 bits per heavy atom. The number of halogens is 1. The fourth-order valence-corrected chi connectivity index (χ4v) is 2.60. The first-order valence-corrected chi connectivity index (χ1v) is 7.31. The van der Waals surface area contributed by atoms with Gasteiger partial charge in [0.05, 0.1) is 16.6 Å². The van der Waals surface area contributed by atoms with Gasteiger partial charge in [0.1, 0.15) is 11.5 Å². The Labute approximate surface area is 130 Å². The molecule has 0 fully saturated rings. The van der Waals surface area contributed by atoms with Gasteiger partial charge in [-0.3, -0.25) is 9.78 Å². The minimum atomic E-state index is -0.276. The van der Waals surface area contributed by atoms with E-state index in [0.717, 1.165) is 5.69 Å². The highest BCUT2D eigenvalue weighted by molar-refractivity contribution is 14.1. The van der Waals surface area contributed by atoms with E-state index in [2.05, 4.69) is 27.6 Å². The van der Waals surface area contributed by atoms with E-state index in [1.165, 1.54) is 13.2 Å². The number of nitrogens with zero attached hydrogens (tertiary/aromatic N) is 1. The molecule has 2 aromatic rings. The van der Waals surface area contributed by atoms with Gasteiger partial charge in [0.2, 0.25) is 0 Å². The monoisotopic (exact) mass is 383 g/mol. The number of ether oxygens (including phenoxy) is 1. The van der Waals surface area contributed by atoms with Gasteiger partial charge in [0.25, 0.3) is 0 Å². The van der Waals surface area contributed by atoms with Crippen molar-refractivity contribution in [1.29, 1.82) is 0 Å². The zero-order valence-corrected chi connectivity index (χ0v) is 13.1. The summed E-state index contributed by atoms with van der Waals surface area (Å²) < 4.78 is 4.73. The summed E-state index contributed by atoms with van der Waals surface area (Å²) >= 11 is 2.08. The van der Waals surface area contributed by atoms with Crippen molar-refractivity contribution >= 4 is 28.4 Å². The quantitative estimate of drug-likeness (QED) is 0.490. The Hall–Kier alpha value is -1.63. The maximum Gasteiger partial charge on any atom is 0.179 e. The Kier molecular flexibility index (Phi) is 4.94. The molecule has 5 heteroatoms. The van der Waals surface area contributed by atoms with E-state index in [9.17, 15) is 9.90 Å². The summed E-state index contributed by atoms with van der Waals surface area (Å²) in [4.78, 5) is 16.5. The van der Waals surface area contributed by atoms with Gasteiger partial charge in [0.15, 0.2) is 5.78 Å². The number of aromatic nitrogens is 1. The topological polar surface area (TPSA) is 59.4 Å². The van der Waals surface area contributed by atoms with E-state index in [0.29, 0.717) is 17.7 Å². The van der Waals surface area contributed by atoms with Crippen molar-refractivity contribution in [3.05, 3.63) is 53.9 Å². The van der Waals surface area contributed by atoms with Crippen LogP contribution < -0.4 is 4.74 Å². The number of carbonyl (C=O) groups is 1. The zero-order chi connectivity index (χ0) is 14.5. The molecule has 0 radical (unpaired) electrons. The fourth-order valence-electron chi connectivity index (χ4n) is 1.81. The van der Waals surface area contributed by atoms with Crippen molar-refractivity contribution in [2.24, 2.45) is 0 Å². The SMILES string of the molecule is COc1ccc(C(=O)C(I)Cc2ccccn2)c(O)c1. The first kappa shape index (κ1) is 14.8. The molecule has 1 heterocycles. The van der Waals surface area contributed by atoms with Gasteiger partial charge in [0, 0.05) is 24.4 Å². The van der Waals surface area contributed by atoms with E-state index < -0.39 is 0 Å². The number of pyridine rings is 1. The second-order valence-corrected chi connectivity index (χ2v) is 5.74. The Morgan fingerprint density at radius 2 is 2.20 bits per heavy atom. The molecular weight excluding hydrogens is 369 g/mol. The number of ketones is 1. The number of Topliss-reactive ketones (excluding diaryl/α,β-unsaturated/α-hetero) is 1. The van der Waals surface area contributed by atoms with Gasteiger partial charge < -0.3 is 9.84 Å². The van der Waals surface area contributed by atoms with Crippen LogP contribution in [0.3, 0.4) is 0 Å². The standard InChI is InChI=1S/C15H14INO3/c1-20-11-5-6-12(14(18)9-11)15(19)13(16)8-10-4-2-3-7-17-10/h2-7,9,13,18H,8H2,1H3. The van der Waals surface area contributed by atoms with Crippen molar-refractivity contribution in [1.82, 2.24) is 4.98 Å². The number of benzene rings is 1. The third kappa shape index (κ3) is 3.47. The van der Waals surface area contributed by atoms with Gasteiger partial charge in [-0.15, -0.1) is 0 Å². The van der Waals surface area contributed by atoms with Crippen LogP contribution in [0.1, 0.15) is 16.1 Å². The lowest BCUT2D eigenvalue weighted by atomic mass is 10.0. The van der Waals surface area contributed by atoms with Crippen LogP contribution >= 0.6 is 22.6 Å². The van der Waals surface area contributed by atoms with E-state index in [4.69, 9.17) is 4.74 Å². The van der Waals surface area contributed by atoms with Gasteiger partial charge >= 0.3 is 0 Å². The number of carbonyl (C=O) groups excluding carboxylic acids is 1. The number of hydrogen-bond donors (Lipinski definition) is 1. The normalized spacial score (nSPS) is 11.9. The van der Waals surface area contributed by atoms with Crippen LogP contribution in [-0.4, -0.2) is 26.9 Å². The average molecular weight is 383 g/mol. The first-order chi connectivity index (χ1) is 9.61. The molecule has 4 nitrogen and oxygen atoms in total. The summed E-state index contributed by atoms with van der Waals surface area (Å²) in [6.07, 6.45) is 2.24. The summed E-state index contributed by atoms with van der Waals surface area (Å²) in [5.41, 5.74) is 1.16. The summed E-state index contributed by atoms with van der Waals surface area (Å²) in [5.74, 6) is 0.349. The lowest BCUT2D eigenvalue weighted by Gasteiger charge is -2.10. The third-order valence-electron chi connectivity index (χ3n) is 2.87. The van der Waals surface area contributed by atoms with Crippen molar-refractivity contribution < 1.29 is 14.6 Å².